The molecule has 0 bridgehead atoms. The Morgan fingerprint density at radius 3 is 1.38 bits per heavy atom. The topological polar surface area (TPSA) is 0 Å². The minimum Gasteiger partial charge on any atom is -0.209 e. The second-order valence-electron chi connectivity index (χ2n) is 4.27. The second-order valence-corrected chi connectivity index (χ2v) is 5.26. The smallest absolute Gasteiger partial charge is 0.209 e. The maximum absolute atomic E-state index is 12.8. The number of rotatable bonds is 2. The average molecular weight is 291 g/mol. The van der Waals surface area contributed by atoms with E-state index < -0.39 is 11.3 Å². The summed E-state index contributed by atoms with van der Waals surface area (Å²) in [6.45, 7) is 9.86. The van der Waals surface area contributed by atoms with Crippen molar-refractivity contribution in [1.29, 1.82) is 0 Å². The Balaban J connectivity index is 3.51. The largest absolute Gasteiger partial charge is 0.255 e. The average Bonchev–Trinajstić information content (AvgIpc) is 2.23. The van der Waals surface area contributed by atoms with Crippen LogP contribution in [0.25, 0.3) is 0 Å². The lowest BCUT2D eigenvalue weighted by Crippen LogP contribution is -2.09. The quantitative estimate of drug-likeness (QED) is 0.678. The van der Waals surface area contributed by atoms with E-state index in [4.69, 9.17) is 0 Å². The normalized spacial score (nSPS) is 13.3. The third-order valence-corrected chi connectivity index (χ3v) is 4.41. The lowest BCUT2D eigenvalue weighted by atomic mass is 9.88. The molecule has 0 saturated heterocycles. The van der Waals surface area contributed by atoms with Crippen molar-refractivity contribution in [1.82, 2.24) is 0 Å². The minimum absolute atomic E-state index is 0.746. The summed E-state index contributed by atoms with van der Waals surface area (Å²) in [6, 6.07) is 0. The van der Waals surface area contributed by atoms with Gasteiger partial charge in [-0.3, -0.25) is 0 Å². The fourth-order valence-corrected chi connectivity index (χ4v) is 2.76. The van der Waals surface area contributed by atoms with Crippen LogP contribution in [-0.2, 0) is 0 Å². The van der Waals surface area contributed by atoms with Crippen LogP contribution < -0.4 is 0 Å². The summed E-state index contributed by atoms with van der Waals surface area (Å²) >= 11 is 3.09. The fourth-order valence-electron chi connectivity index (χ4n) is 2.07. The van der Waals surface area contributed by atoms with Crippen LogP contribution in [0, 0.1) is 34.6 Å². The molecule has 1 unspecified atom stereocenters. The Kier molecular flexibility index (Phi) is 4.11. The van der Waals surface area contributed by atoms with E-state index in [1.165, 1.54) is 5.56 Å². The van der Waals surface area contributed by atoms with Gasteiger partial charge < -0.3 is 0 Å². The van der Waals surface area contributed by atoms with Gasteiger partial charge >= 0.3 is 0 Å². The third-order valence-electron chi connectivity index (χ3n) is 3.56. The highest BCUT2D eigenvalue weighted by molar-refractivity contribution is 9.09. The molecular formula is C13H17BrF2. The van der Waals surface area contributed by atoms with Crippen LogP contribution in [0.2, 0.25) is 0 Å². The first-order valence-electron chi connectivity index (χ1n) is 5.28. The summed E-state index contributed by atoms with van der Waals surface area (Å²) in [4.78, 5) is -0.870. The molecule has 0 spiro atoms. The minimum atomic E-state index is -2.38. The van der Waals surface area contributed by atoms with Crippen molar-refractivity contribution in [2.45, 2.75) is 45.9 Å². The van der Waals surface area contributed by atoms with Crippen LogP contribution in [-0.4, -0.2) is 6.43 Å². The summed E-state index contributed by atoms with van der Waals surface area (Å²) in [5.74, 6) is 0. The summed E-state index contributed by atoms with van der Waals surface area (Å²) in [5, 5.41) is 0. The predicted octanol–water partition coefficient (Wildman–Crippen LogP) is 4.93. The Morgan fingerprint density at radius 2 is 1.06 bits per heavy atom. The van der Waals surface area contributed by atoms with Crippen LogP contribution in [0.5, 0.6) is 0 Å². The molecule has 1 rings (SSSR count). The number of alkyl halides is 3. The number of hydrogen-bond donors (Lipinski definition) is 0. The van der Waals surface area contributed by atoms with E-state index in [1.54, 1.807) is 0 Å². The molecule has 0 amide bonds. The van der Waals surface area contributed by atoms with Gasteiger partial charge in [-0.05, 0) is 68.0 Å². The maximum atomic E-state index is 12.8. The van der Waals surface area contributed by atoms with Gasteiger partial charge in [0, 0.05) is 0 Å². The Hall–Kier alpha value is -0.440. The molecule has 16 heavy (non-hydrogen) atoms. The van der Waals surface area contributed by atoms with E-state index in [1.807, 2.05) is 34.6 Å². The fraction of sp³-hybridized carbons (Fsp3) is 0.538. The molecule has 0 nitrogen and oxygen atoms in total. The van der Waals surface area contributed by atoms with Gasteiger partial charge in [0.25, 0.3) is 6.43 Å². The Labute approximate surface area is 104 Å². The van der Waals surface area contributed by atoms with Crippen molar-refractivity contribution in [3.05, 3.63) is 33.4 Å². The first-order valence-corrected chi connectivity index (χ1v) is 6.19. The molecule has 0 N–H and O–H groups in total. The molecule has 1 aromatic carbocycles. The van der Waals surface area contributed by atoms with E-state index >= 15 is 0 Å². The number of benzene rings is 1. The first-order chi connectivity index (χ1) is 7.29. The van der Waals surface area contributed by atoms with Gasteiger partial charge in [-0.15, -0.1) is 0 Å². The van der Waals surface area contributed by atoms with E-state index in [0.717, 1.165) is 27.8 Å². The Morgan fingerprint density at radius 1 is 0.750 bits per heavy atom. The summed E-state index contributed by atoms with van der Waals surface area (Å²) in [6.07, 6.45) is -2.38. The van der Waals surface area contributed by atoms with Gasteiger partial charge in [0.15, 0.2) is 0 Å². The van der Waals surface area contributed by atoms with Gasteiger partial charge in [-0.2, -0.15) is 0 Å². The zero-order chi connectivity index (χ0) is 12.6. The van der Waals surface area contributed by atoms with Crippen molar-refractivity contribution in [3.63, 3.8) is 0 Å². The molecule has 0 aromatic heterocycles. The van der Waals surface area contributed by atoms with Gasteiger partial charge in [0.1, 0.15) is 4.83 Å². The zero-order valence-electron chi connectivity index (χ0n) is 10.3. The first kappa shape index (κ1) is 13.6. The van der Waals surface area contributed by atoms with Crippen molar-refractivity contribution in [2.75, 3.05) is 0 Å². The zero-order valence-corrected chi connectivity index (χ0v) is 11.9. The van der Waals surface area contributed by atoms with Crippen molar-refractivity contribution >= 4 is 15.9 Å². The van der Waals surface area contributed by atoms with E-state index in [0.29, 0.717) is 0 Å². The molecule has 0 aliphatic heterocycles. The molecule has 1 aromatic rings. The summed E-state index contributed by atoms with van der Waals surface area (Å²) < 4.78 is 25.6. The van der Waals surface area contributed by atoms with E-state index in [-0.39, 0.29) is 0 Å². The molecule has 0 heterocycles. The molecular weight excluding hydrogens is 274 g/mol. The monoisotopic (exact) mass is 290 g/mol. The van der Waals surface area contributed by atoms with Crippen LogP contribution in [0.1, 0.15) is 38.2 Å². The molecule has 90 valence electrons. The summed E-state index contributed by atoms with van der Waals surface area (Å²) in [5.41, 5.74) is 6.13. The van der Waals surface area contributed by atoms with Crippen molar-refractivity contribution < 1.29 is 8.78 Å². The third kappa shape index (κ3) is 2.15. The van der Waals surface area contributed by atoms with Crippen LogP contribution in [0.4, 0.5) is 8.78 Å². The maximum Gasteiger partial charge on any atom is 0.255 e. The molecule has 1 atom stereocenters. The van der Waals surface area contributed by atoms with Gasteiger partial charge in [-0.1, -0.05) is 15.9 Å². The van der Waals surface area contributed by atoms with Crippen LogP contribution >= 0.6 is 15.9 Å². The Bertz CT molecular complexity index is 382. The highest BCUT2D eigenvalue weighted by Gasteiger charge is 2.24. The molecule has 0 fully saturated rings. The van der Waals surface area contributed by atoms with Crippen LogP contribution in [0.15, 0.2) is 0 Å². The van der Waals surface area contributed by atoms with Crippen molar-refractivity contribution in [2.24, 2.45) is 0 Å². The number of halogens is 3. The molecule has 0 radical (unpaired) electrons. The number of hydrogen-bond acceptors (Lipinski definition) is 0. The van der Waals surface area contributed by atoms with Gasteiger partial charge in [0.05, 0.1) is 0 Å². The SMILES string of the molecule is Cc1c(C)c(C)c(C(Br)C(F)F)c(C)c1C. The van der Waals surface area contributed by atoms with E-state index in [2.05, 4.69) is 15.9 Å². The van der Waals surface area contributed by atoms with E-state index in [9.17, 15) is 8.78 Å². The lowest BCUT2D eigenvalue weighted by molar-refractivity contribution is 0.147. The van der Waals surface area contributed by atoms with Crippen molar-refractivity contribution in [3.8, 4) is 0 Å². The second kappa shape index (κ2) is 4.82. The highest BCUT2D eigenvalue weighted by Crippen LogP contribution is 2.37. The van der Waals surface area contributed by atoms with Crippen LogP contribution in [0.3, 0.4) is 0 Å². The molecule has 0 aliphatic rings. The van der Waals surface area contributed by atoms with Gasteiger partial charge in [-0.25, -0.2) is 8.78 Å². The lowest BCUT2D eigenvalue weighted by Gasteiger charge is -2.21. The highest BCUT2D eigenvalue weighted by atomic mass is 79.9. The molecule has 0 aliphatic carbocycles. The summed E-state index contributed by atoms with van der Waals surface area (Å²) in [7, 11) is 0. The molecule has 3 heteroatoms. The standard InChI is InChI=1S/C13H17BrF2/c1-6-7(2)9(4)11(10(5)8(6)3)12(14)13(15)16/h12-13H,1-5H3. The predicted molar refractivity (Wildman–Crippen MR) is 67.8 cm³/mol. The molecule has 0 saturated carbocycles. The van der Waals surface area contributed by atoms with Gasteiger partial charge in [0.2, 0.25) is 0 Å².